The van der Waals surface area contributed by atoms with Gasteiger partial charge in [-0.05, 0) is 32.1 Å². The van der Waals surface area contributed by atoms with Crippen molar-refractivity contribution in [3.8, 4) is 0 Å². The Morgan fingerprint density at radius 1 is 0.303 bits per heavy atom. The summed E-state index contributed by atoms with van der Waals surface area (Å²) in [5, 5.41) is 23.3. The molecule has 6 heteroatoms. The minimum atomic E-state index is -0.842. The van der Waals surface area contributed by atoms with Crippen LogP contribution in [0.1, 0.15) is 483 Å². The van der Waals surface area contributed by atoms with E-state index in [0.29, 0.717) is 19.4 Å². The molecule has 2 unspecified atom stereocenters. The van der Waals surface area contributed by atoms with Gasteiger partial charge in [-0.3, -0.25) is 9.59 Å². The third-order valence-corrected chi connectivity index (χ3v) is 19.8. The molecule has 0 aliphatic rings. The number of allylic oxidation sites excluding steroid dienone is 1. The second kappa shape index (κ2) is 79.0. The van der Waals surface area contributed by atoms with Crippen molar-refractivity contribution in [1.82, 2.24) is 5.32 Å². The fraction of sp³-hybridized carbons (Fsp3) is 0.952. The highest BCUT2D eigenvalue weighted by Crippen LogP contribution is 2.21. The molecule has 0 saturated heterocycles. The van der Waals surface area contributed by atoms with Gasteiger partial charge in [-0.1, -0.05) is 450 Å². The van der Waals surface area contributed by atoms with Crippen LogP contribution in [0.3, 0.4) is 0 Å². The number of aliphatic hydroxyl groups is 2. The summed E-state index contributed by atoms with van der Waals surface area (Å²) in [5.74, 6) is -0.0313. The van der Waals surface area contributed by atoms with Crippen LogP contribution in [0.4, 0.5) is 0 Å². The van der Waals surface area contributed by atoms with Gasteiger partial charge < -0.3 is 20.3 Å². The molecule has 0 aromatic heterocycles. The van der Waals surface area contributed by atoms with Crippen molar-refractivity contribution in [2.45, 2.75) is 495 Å². The van der Waals surface area contributed by atoms with Crippen molar-refractivity contribution in [1.29, 1.82) is 0 Å². The first-order valence-corrected chi connectivity index (χ1v) is 41.5. The Morgan fingerprint density at radius 3 is 0.764 bits per heavy atom. The fourth-order valence-corrected chi connectivity index (χ4v) is 13.5. The van der Waals surface area contributed by atoms with Crippen LogP contribution in [0.2, 0.25) is 0 Å². The molecule has 3 N–H and O–H groups in total. The van der Waals surface area contributed by atoms with Crippen LogP contribution in [-0.2, 0) is 14.3 Å². The molecule has 6 nitrogen and oxygen atoms in total. The van der Waals surface area contributed by atoms with Crippen LogP contribution < -0.4 is 5.32 Å². The summed E-state index contributed by atoms with van der Waals surface area (Å²) < 4.78 is 5.52. The number of aliphatic hydroxyl groups excluding tert-OH is 2. The topological polar surface area (TPSA) is 95.9 Å². The summed E-state index contributed by atoms with van der Waals surface area (Å²) in [6.45, 7) is 4.97. The van der Waals surface area contributed by atoms with E-state index in [1.54, 1.807) is 6.08 Å². The molecule has 530 valence electrons. The molecule has 0 aromatic carbocycles. The summed E-state index contributed by atoms with van der Waals surface area (Å²) in [5.41, 5.74) is 0. The van der Waals surface area contributed by atoms with Gasteiger partial charge in [0, 0.05) is 12.8 Å². The molecule has 1 amide bonds. The number of carbonyl (C=O) groups excluding carboxylic acids is 2. The predicted octanol–water partition coefficient (Wildman–Crippen LogP) is 27.4. The van der Waals surface area contributed by atoms with Gasteiger partial charge in [0.05, 0.1) is 25.4 Å². The summed E-state index contributed by atoms with van der Waals surface area (Å²) in [6.07, 6.45) is 101. The number of amides is 1. The largest absolute Gasteiger partial charge is 0.466 e. The lowest BCUT2D eigenvalue weighted by molar-refractivity contribution is -0.143. The summed E-state index contributed by atoms with van der Waals surface area (Å²) >= 11 is 0. The van der Waals surface area contributed by atoms with Crippen LogP contribution in [0.5, 0.6) is 0 Å². The van der Waals surface area contributed by atoms with Gasteiger partial charge in [0.2, 0.25) is 5.91 Å². The monoisotopic (exact) mass is 1250 g/mol. The molecular formula is C83H163NO5. The Balaban J connectivity index is 3.33. The first-order valence-electron chi connectivity index (χ1n) is 41.5. The number of unbranched alkanes of at least 4 members (excludes halogenated alkanes) is 68. The molecule has 0 spiro atoms. The van der Waals surface area contributed by atoms with Crippen molar-refractivity contribution in [3.63, 3.8) is 0 Å². The lowest BCUT2D eigenvalue weighted by atomic mass is 10.0. The van der Waals surface area contributed by atoms with Crippen molar-refractivity contribution >= 4 is 11.9 Å². The SMILES string of the molecule is CCCCCCCCCCCCCCCCCCCCCCC/C=C/C(O)C(CO)NC(=O)CCCCCCCCCCCCCCCCCCCCCCCCCCCCCCCCCCOC(=O)CCCCCCCCCCCCCCCCCCC. The van der Waals surface area contributed by atoms with Gasteiger partial charge in [0.15, 0.2) is 0 Å². The van der Waals surface area contributed by atoms with Crippen LogP contribution in [-0.4, -0.2) is 47.4 Å². The molecule has 89 heavy (non-hydrogen) atoms. The van der Waals surface area contributed by atoms with E-state index in [1.165, 1.54) is 417 Å². The highest BCUT2D eigenvalue weighted by atomic mass is 16.5. The minimum absolute atomic E-state index is 0.0263. The Morgan fingerprint density at radius 2 is 0.517 bits per heavy atom. The average molecular weight is 1260 g/mol. The van der Waals surface area contributed by atoms with Crippen molar-refractivity contribution in [2.75, 3.05) is 13.2 Å². The lowest BCUT2D eigenvalue weighted by Gasteiger charge is -2.20. The van der Waals surface area contributed by atoms with Crippen molar-refractivity contribution in [2.24, 2.45) is 0 Å². The van der Waals surface area contributed by atoms with Crippen molar-refractivity contribution < 1.29 is 24.5 Å². The molecule has 0 radical (unpaired) electrons. The molecule has 0 saturated carbocycles. The normalized spacial score (nSPS) is 12.4. The molecule has 0 rings (SSSR count). The second-order valence-electron chi connectivity index (χ2n) is 28.8. The molecule has 2 atom stereocenters. The highest BCUT2D eigenvalue weighted by Gasteiger charge is 2.18. The van der Waals surface area contributed by atoms with Gasteiger partial charge in [0.25, 0.3) is 0 Å². The van der Waals surface area contributed by atoms with Gasteiger partial charge in [0.1, 0.15) is 0 Å². The Bertz CT molecular complexity index is 1350. The third kappa shape index (κ3) is 75.5. The zero-order valence-corrected chi connectivity index (χ0v) is 61.0. The summed E-state index contributed by atoms with van der Waals surface area (Å²) in [7, 11) is 0. The first kappa shape index (κ1) is 87.6. The lowest BCUT2D eigenvalue weighted by Crippen LogP contribution is -2.45. The quantitative estimate of drug-likeness (QED) is 0.0320. The van der Waals surface area contributed by atoms with E-state index in [4.69, 9.17) is 4.74 Å². The number of rotatable bonds is 79. The van der Waals surface area contributed by atoms with E-state index < -0.39 is 12.1 Å². The van der Waals surface area contributed by atoms with Gasteiger partial charge >= 0.3 is 5.97 Å². The standard InChI is InChI=1S/C83H163NO5/c1-3-5-7-9-11-13-15-17-19-21-22-23-34-37-40-44-47-51-55-59-63-67-71-75-81(86)80(79-85)84-82(87)76-72-68-64-60-56-52-48-45-41-38-35-32-30-28-26-24-25-27-29-31-33-36-39-42-46-50-54-58-62-66-70-74-78-89-83(88)77-73-69-65-61-57-53-49-43-20-18-16-14-12-10-8-6-4-2/h71,75,80-81,85-86H,3-70,72-74,76-79H2,1-2H3,(H,84,87)/b75-71+. The molecule has 0 aliphatic carbocycles. The molecular weight excluding hydrogens is 1090 g/mol. The van der Waals surface area contributed by atoms with E-state index in [1.807, 2.05) is 6.08 Å². The molecule has 0 bridgehead atoms. The van der Waals surface area contributed by atoms with E-state index in [-0.39, 0.29) is 18.5 Å². The van der Waals surface area contributed by atoms with Crippen LogP contribution in [0.25, 0.3) is 0 Å². The minimum Gasteiger partial charge on any atom is -0.466 e. The van der Waals surface area contributed by atoms with Crippen LogP contribution in [0, 0.1) is 0 Å². The summed E-state index contributed by atoms with van der Waals surface area (Å²) in [4.78, 5) is 24.7. The van der Waals surface area contributed by atoms with Crippen LogP contribution in [0.15, 0.2) is 12.2 Å². The van der Waals surface area contributed by atoms with Gasteiger partial charge in [-0.2, -0.15) is 0 Å². The number of esters is 1. The number of ether oxygens (including phenoxy) is 1. The van der Waals surface area contributed by atoms with E-state index >= 15 is 0 Å². The second-order valence-corrected chi connectivity index (χ2v) is 28.8. The highest BCUT2D eigenvalue weighted by molar-refractivity contribution is 5.76. The predicted molar refractivity (Wildman–Crippen MR) is 394 cm³/mol. The molecule has 0 heterocycles. The Kier molecular flexibility index (Phi) is 77.8. The summed E-state index contributed by atoms with van der Waals surface area (Å²) in [6, 6.07) is -0.625. The maximum absolute atomic E-state index is 12.6. The smallest absolute Gasteiger partial charge is 0.305 e. The number of carbonyl (C=O) groups is 2. The Hall–Kier alpha value is -1.40. The Labute approximate surface area is 559 Å². The zero-order valence-electron chi connectivity index (χ0n) is 61.0. The third-order valence-electron chi connectivity index (χ3n) is 19.8. The maximum Gasteiger partial charge on any atom is 0.305 e. The molecule has 0 aliphatic heterocycles. The maximum atomic E-state index is 12.6. The van der Waals surface area contributed by atoms with Crippen molar-refractivity contribution in [3.05, 3.63) is 12.2 Å². The van der Waals surface area contributed by atoms with Gasteiger partial charge in [-0.15, -0.1) is 0 Å². The van der Waals surface area contributed by atoms with Gasteiger partial charge in [-0.25, -0.2) is 0 Å². The zero-order chi connectivity index (χ0) is 64.2. The van der Waals surface area contributed by atoms with E-state index in [2.05, 4.69) is 19.2 Å². The average Bonchev–Trinajstić information content (AvgIpc) is 3.55. The molecule has 0 fully saturated rings. The number of nitrogens with one attached hydrogen (secondary N) is 1. The van der Waals surface area contributed by atoms with E-state index in [9.17, 15) is 19.8 Å². The number of hydrogen-bond acceptors (Lipinski definition) is 5. The fourth-order valence-electron chi connectivity index (χ4n) is 13.5. The number of hydrogen-bond donors (Lipinski definition) is 3. The first-order chi connectivity index (χ1) is 44.0. The molecule has 0 aromatic rings. The van der Waals surface area contributed by atoms with Crippen LogP contribution >= 0.6 is 0 Å². The van der Waals surface area contributed by atoms with E-state index in [0.717, 1.165) is 38.5 Å².